The van der Waals surface area contributed by atoms with Crippen molar-refractivity contribution in [2.45, 2.75) is 6.04 Å². The fourth-order valence-corrected chi connectivity index (χ4v) is 1.83. The molecule has 0 aliphatic carbocycles. The van der Waals surface area contributed by atoms with E-state index in [2.05, 4.69) is 16.9 Å². The van der Waals surface area contributed by atoms with Gasteiger partial charge >= 0.3 is 0 Å². The van der Waals surface area contributed by atoms with E-state index in [-0.39, 0.29) is 5.56 Å². The van der Waals surface area contributed by atoms with Gasteiger partial charge in [-0.1, -0.05) is 6.58 Å². The molecule has 0 saturated heterocycles. The fourth-order valence-electron chi connectivity index (χ4n) is 1.83. The quantitative estimate of drug-likeness (QED) is 0.871. The molecule has 0 aliphatic rings. The van der Waals surface area contributed by atoms with Crippen LogP contribution in [0.5, 0.6) is 0 Å². The van der Waals surface area contributed by atoms with Crippen molar-refractivity contribution in [3.63, 3.8) is 0 Å². The zero-order valence-electron chi connectivity index (χ0n) is 10.5. The normalized spacial score (nSPS) is 11.7. The van der Waals surface area contributed by atoms with E-state index in [0.29, 0.717) is 5.56 Å². The van der Waals surface area contributed by atoms with Crippen LogP contribution < -0.4 is 5.32 Å². The first-order valence-corrected chi connectivity index (χ1v) is 5.89. The molecule has 102 valence electrons. The maximum atomic E-state index is 13.9. The minimum absolute atomic E-state index is 0.0476. The third kappa shape index (κ3) is 3.06. The topological polar surface area (TPSA) is 42.0 Å². The van der Waals surface area contributed by atoms with Gasteiger partial charge in [0.25, 0.3) is 0 Å². The number of hydrogen-bond acceptors (Lipinski definition) is 2. The van der Waals surface area contributed by atoms with Gasteiger partial charge in [0.15, 0.2) is 0 Å². The van der Waals surface area contributed by atoms with Gasteiger partial charge in [0.2, 0.25) is 5.91 Å². The molecule has 0 bridgehead atoms. The van der Waals surface area contributed by atoms with Crippen molar-refractivity contribution in [1.82, 2.24) is 10.3 Å². The first-order valence-electron chi connectivity index (χ1n) is 5.89. The minimum Gasteiger partial charge on any atom is -0.342 e. The Hall–Kier alpha value is -2.56. The molecule has 2 rings (SSSR count). The summed E-state index contributed by atoms with van der Waals surface area (Å²) in [5.41, 5.74) is 0.645. The van der Waals surface area contributed by atoms with Crippen LogP contribution in [0.2, 0.25) is 0 Å². The van der Waals surface area contributed by atoms with Gasteiger partial charge in [-0.2, -0.15) is 0 Å². The number of hydrogen-bond donors (Lipinski definition) is 1. The third-order valence-electron chi connectivity index (χ3n) is 2.78. The second kappa shape index (κ2) is 6.06. The summed E-state index contributed by atoms with van der Waals surface area (Å²) in [6.45, 7) is 3.35. The molecule has 1 N–H and O–H groups in total. The Morgan fingerprint density at radius 2 is 1.95 bits per heavy atom. The lowest BCUT2D eigenvalue weighted by molar-refractivity contribution is -0.117. The van der Waals surface area contributed by atoms with Crippen molar-refractivity contribution in [2.24, 2.45) is 0 Å². The van der Waals surface area contributed by atoms with Gasteiger partial charge in [0, 0.05) is 18.0 Å². The van der Waals surface area contributed by atoms with Crippen molar-refractivity contribution in [1.29, 1.82) is 0 Å². The first-order chi connectivity index (χ1) is 9.61. The lowest BCUT2D eigenvalue weighted by Gasteiger charge is -2.19. The number of nitrogens with one attached hydrogen (secondary N) is 1. The molecule has 2 aromatic rings. The van der Waals surface area contributed by atoms with Crippen molar-refractivity contribution in [2.75, 3.05) is 0 Å². The predicted octanol–water partition coefficient (Wildman–Crippen LogP) is 2.75. The van der Waals surface area contributed by atoms with E-state index in [0.717, 1.165) is 24.3 Å². The highest BCUT2D eigenvalue weighted by Gasteiger charge is 2.20. The van der Waals surface area contributed by atoms with Crippen LogP contribution in [-0.4, -0.2) is 10.9 Å². The SMILES string of the molecule is C=CC(=O)N[C@H](c1ccncc1)c1cc(F)ccc1F. The number of aromatic nitrogens is 1. The van der Waals surface area contributed by atoms with Gasteiger partial charge in [0.1, 0.15) is 11.6 Å². The van der Waals surface area contributed by atoms with Gasteiger partial charge in [0.05, 0.1) is 6.04 Å². The zero-order valence-corrected chi connectivity index (χ0v) is 10.5. The summed E-state index contributed by atoms with van der Waals surface area (Å²) in [6.07, 6.45) is 4.10. The summed E-state index contributed by atoms with van der Waals surface area (Å²) >= 11 is 0. The van der Waals surface area contributed by atoms with E-state index < -0.39 is 23.6 Å². The minimum atomic E-state index is -0.806. The first kappa shape index (κ1) is 13.9. The lowest BCUT2D eigenvalue weighted by atomic mass is 9.99. The molecule has 5 heteroatoms. The third-order valence-corrected chi connectivity index (χ3v) is 2.78. The van der Waals surface area contributed by atoms with Crippen LogP contribution in [0, 0.1) is 11.6 Å². The van der Waals surface area contributed by atoms with Gasteiger partial charge < -0.3 is 5.32 Å². The summed E-state index contributed by atoms with van der Waals surface area (Å²) in [6, 6.07) is 5.55. The number of halogens is 2. The molecular formula is C15H12F2N2O. The van der Waals surface area contributed by atoms with Crippen LogP contribution in [0.1, 0.15) is 17.2 Å². The van der Waals surface area contributed by atoms with E-state index >= 15 is 0 Å². The highest BCUT2D eigenvalue weighted by atomic mass is 19.1. The number of amides is 1. The molecular weight excluding hydrogens is 262 g/mol. The Kier molecular flexibility index (Phi) is 4.20. The molecule has 0 radical (unpaired) electrons. The average molecular weight is 274 g/mol. The predicted molar refractivity (Wildman–Crippen MR) is 70.8 cm³/mol. The van der Waals surface area contributed by atoms with Gasteiger partial charge in [-0.05, 0) is 42.0 Å². The molecule has 0 saturated carbocycles. The maximum Gasteiger partial charge on any atom is 0.244 e. The largest absolute Gasteiger partial charge is 0.342 e. The number of carbonyl (C=O) groups is 1. The van der Waals surface area contributed by atoms with E-state index in [9.17, 15) is 13.6 Å². The number of rotatable bonds is 4. The van der Waals surface area contributed by atoms with Crippen LogP contribution in [0.3, 0.4) is 0 Å². The molecule has 1 aromatic heterocycles. The van der Waals surface area contributed by atoms with Crippen molar-refractivity contribution < 1.29 is 13.6 Å². The Morgan fingerprint density at radius 1 is 1.25 bits per heavy atom. The molecule has 1 aromatic carbocycles. The summed E-state index contributed by atoms with van der Waals surface area (Å²) in [4.78, 5) is 15.4. The maximum absolute atomic E-state index is 13.9. The molecule has 0 spiro atoms. The van der Waals surface area contributed by atoms with Crippen LogP contribution in [-0.2, 0) is 4.79 Å². The molecule has 1 atom stereocenters. The Bertz CT molecular complexity index is 629. The van der Waals surface area contributed by atoms with Gasteiger partial charge in [-0.25, -0.2) is 8.78 Å². The summed E-state index contributed by atoms with van der Waals surface area (Å²) in [7, 11) is 0. The van der Waals surface area contributed by atoms with E-state index in [1.165, 1.54) is 12.4 Å². The highest BCUT2D eigenvalue weighted by Crippen LogP contribution is 2.24. The van der Waals surface area contributed by atoms with E-state index in [1.54, 1.807) is 12.1 Å². The number of carbonyl (C=O) groups excluding carboxylic acids is 1. The molecule has 0 aliphatic heterocycles. The van der Waals surface area contributed by atoms with Gasteiger partial charge in [-0.15, -0.1) is 0 Å². The number of benzene rings is 1. The highest BCUT2D eigenvalue weighted by molar-refractivity contribution is 5.87. The van der Waals surface area contributed by atoms with E-state index in [4.69, 9.17) is 0 Å². The Labute approximate surface area is 115 Å². The summed E-state index contributed by atoms with van der Waals surface area (Å²) < 4.78 is 27.2. The van der Waals surface area contributed by atoms with Crippen LogP contribution in [0.4, 0.5) is 8.78 Å². The monoisotopic (exact) mass is 274 g/mol. The van der Waals surface area contributed by atoms with Crippen molar-refractivity contribution >= 4 is 5.91 Å². The number of nitrogens with zero attached hydrogens (tertiary/aromatic N) is 1. The van der Waals surface area contributed by atoms with Crippen LogP contribution >= 0.6 is 0 Å². The van der Waals surface area contributed by atoms with Crippen molar-refractivity contribution in [3.05, 3.63) is 78.1 Å². The second-order valence-corrected chi connectivity index (χ2v) is 4.09. The lowest BCUT2D eigenvalue weighted by Crippen LogP contribution is -2.28. The smallest absolute Gasteiger partial charge is 0.244 e. The van der Waals surface area contributed by atoms with Crippen LogP contribution in [0.25, 0.3) is 0 Å². The summed E-state index contributed by atoms with van der Waals surface area (Å²) in [5.74, 6) is -1.65. The van der Waals surface area contributed by atoms with Crippen LogP contribution in [0.15, 0.2) is 55.4 Å². The molecule has 0 fully saturated rings. The van der Waals surface area contributed by atoms with Gasteiger partial charge in [-0.3, -0.25) is 9.78 Å². The zero-order chi connectivity index (χ0) is 14.5. The molecule has 1 heterocycles. The van der Waals surface area contributed by atoms with Crippen molar-refractivity contribution in [3.8, 4) is 0 Å². The van der Waals surface area contributed by atoms with E-state index in [1.807, 2.05) is 0 Å². The Balaban J connectivity index is 2.48. The molecule has 20 heavy (non-hydrogen) atoms. The Morgan fingerprint density at radius 3 is 2.60 bits per heavy atom. The average Bonchev–Trinajstić information content (AvgIpc) is 2.48. The number of pyridine rings is 1. The summed E-state index contributed by atoms with van der Waals surface area (Å²) in [5, 5.41) is 2.58. The molecule has 1 amide bonds. The second-order valence-electron chi connectivity index (χ2n) is 4.09. The fraction of sp³-hybridized carbons (Fsp3) is 0.0667. The molecule has 0 unspecified atom stereocenters. The molecule has 3 nitrogen and oxygen atoms in total. The standard InChI is InChI=1S/C15H12F2N2O/c1-2-14(20)19-15(10-5-7-18-8-6-10)12-9-11(16)3-4-13(12)17/h2-9,15H,1H2,(H,19,20)/t15-/m1/s1.